The zero-order valence-corrected chi connectivity index (χ0v) is 8.15. The second-order valence-corrected chi connectivity index (χ2v) is 3.31. The summed E-state index contributed by atoms with van der Waals surface area (Å²) in [5, 5.41) is 14.7. The molecule has 0 saturated carbocycles. The van der Waals surface area contributed by atoms with Crippen LogP contribution in [0.5, 0.6) is 0 Å². The lowest BCUT2D eigenvalue weighted by Crippen LogP contribution is -2.61. The van der Waals surface area contributed by atoms with Crippen molar-refractivity contribution in [2.24, 2.45) is 5.84 Å². The van der Waals surface area contributed by atoms with Crippen LogP contribution in [0.15, 0.2) is 24.3 Å². The summed E-state index contributed by atoms with van der Waals surface area (Å²) in [6, 6.07) is 5.71. The summed E-state index contributed by atoms with van der Waals surface area (Å²) in [6.45, 7) is 0. The van der Waals surface area contributed by atoms with Crippen molar-refractivity contribution < 1.29 is 14.7 Å². The van der Waals surface area contributed by atoms with Gasteiger partial charge in [0.25, 0.3) is 11.6 Å². The monoisotopic (exact) mass is 222 g/mol. The minimum atomic E-state index is -2.15. The Kier molecular flexibility index (Phi) is 2.26. The highest BCUT2D eigenvalue weighted by molar-refractivity contribution is 6.00. The van der Waals surface area contributed by atoms with Crippen LogP contribution in [0.25, 0.3) is 0 Å². The van der Waals surface area contributed by atoms with Gasteiger partial charge in [-0.15, -0.1) is 0 Å². The number of aliphatic hydroxyl groups is 1. The van der Waals surface area contributed by atoms with Crippen LogP contribution < -0.4 is 21.9 Å². The van der Waals surface area contributed by atoms with E-state index in [9.17, 15) is 14.7 Å². The predicted molar refractivity (Wildman–Crippen MR) is 54.8 cm³/mol. The van der Waals surface area contributed by atoms with E-state index in [2.05, 4.69) is 10.6 Å². The first-order valence-electron chi connectivity index (χ1n) is 4.50. The average Bonchev–Trinajstić information content (AvgIpc) is 2.27. The third kappa shape index (κ3) is 1.38. The molecule has 2 rings (SSSR count). The maximum Gasteiger partial charge on any atom is 0.322 e. The molecule has 3 amide bonds. The lowest BCUT2D eigenvalue weighted by Gasteiger charge is -2.33. The Morgan fingerprint density at radius 3 is 2.81 bits per heavy atom. The van der Waals surface area contributed by atoms with Gasteiger partial charge in [-0.25, -0.2) is 10.6 Å². The van der Waals surface area contributed by atoms with Crippen molar-refractivity contribution in [2.45, 2.75) is 5.72 Å². The molecule has 1 aromatic rings. The molecule has 7 nitrogen and oxygen atoms in total. The fourth-order valence-corrected chi connectivity index (χ4v) is 1.58. The highest BCUT2D eigenvalue weighted by atomic mass is 16.3. The number of nitrogens with one attached hydrogen (secondary N) is 3. The summed E-state index contributed by atoms with van der Waals surface area (Å²) in [7, 11) is 0. The van der Waals surface area contributed by atoms with Crippen LogP contribution in [-0.4, -0.2) is 17.0 Å². The van der Waals surface area contributed by atoms with Crippen molar-refractivity contribution >= 4 is 17.6 Å². The number of amides is 3. The van der Waals surface area contributed by atoms with Crippen LogP contribution in [-0.2, 0) is 10.5 Å². The third-order valence-electron chi connectivity index (χ3n) is 2.32. The molecule has 16 heavy (non-hydrogen) atoms. The second-order valence-electron chi connectivity index (χ2n) is 3.31. The molecule has 0 aromatic heterocycles. The number of hydrazine groups is 1. The maximum absolute atomic E-state index is 11.5. The van der Waals surface area contributed by atoms with Crippen molar-refractivity contribution in [3.63, 3.8) is 0 Å². The Labute approximate surface area is 90.6 Å². The van der Waals surface area contributed by atoms with Gasteiger partial charge in [-0.3, -0.25) is 15.5 Å². The summed E-state index contributed by atoms with van der Waals surface area (Å²) in [6.07, 6.45) is 0. The molecular weight excluding hydrogens is 212 g/mol. The Morgan fingerprint density at radius 1 is 1.44 bits per heavy atom. The molecule has 1 aromatic carbocycles. The molecule has 6 N–H and O–H groups in total. The van der Waals surface area contributed by atoms with Gasteiger partial charge in [0.15, 0.2) is 0 Å². The zero-order valence-electron chi connectivity index (χ0n) is 8.15. The van der Waals surface area contributed by atoms with Gasteiger partial charge < -0.3 is 10.4 Å². The van der Waals surface area contributed by atoms with E-state index in [1.165, 1.54) is 6.07 Å². The molecule has 1 atom stereocenters. The average molecular weight is 222 g/mol. The molecule has 1 unspecified atom stereocenters. The molecule has 84 valence electrons. The number of anilines is 1. The SMILES string of the molecule is NNC(=O)C1(O)NC(=O)Nc2ccccc21. The fourth-order valence-electron chi connectivity index (χ4n) is 1.58. The van der Waals surface area contributed by atoms with E-state index in [4.69, 9.17) is 5.84 Å². The number of urea groups is 1. The molecule has 0 spiro atoms. The number of nitrogens with two attached hydrogens (primary N) is 1. The third-order valence-corrected chi connectivity index (χ3v) is 2.32. The van der Waals surface area contributed by atoms with Crippen LogP contribution in [0.2, 0.25) is 0 Å². The van der Waals surface area contributed by atoms with Gasteiger partial charge in [0.2, 0.25) is 0 Å². The van der Waals surface area contributed by atoms with Gasteiger partial charge in [0.1, 0.15) is 0 Å². The van der Waals surface area contributed by atoms with E-state index in [1.54, 1.807) is 23.6 Å². The number of rotatable bonds is 1. The highest BCUT2D eigenvalue weighted by Gasteiger charge is 2.44. The minimum absolute atomic E-state index is 0.234. The first-order chi connectivity index (χ1) is 7.58. The van der Waals surface area contributed by atoms with Gasteiger partial charge in [0.05, 0.1) is 5.69 Å². The smallest absolute Gasteiger partial charge is 0.322 e. The molecule has 0 aliphatic carbocycles. The van der Waals surface area contributed by atoms with E-state index in [1.807, 2.05) is 0 Å². The quantitative estimate of drug-likeness (QED) is 0.237. The number of hydrogen-bond donors (Lipinski definition) is 5. The zero-order chi connectivity index (χ0) is 11.8. The largest absolute Gasteiger partial charge is 0.359 e. The molecular formula is C9H10N4O3. The van der Waals surface area contributed by atoms with Crippen molar-refractivity contribution in [1.29, 1.82) is 0 Å². The first-order valence-corrected chi connectivity index (χ1v) is 4.50. The highest BCUT2D eigenvalue weighted by Crippen LogP contribution is 2.29. The molecule has 0 fully saturated rings. The van der Waals surface area contributed by atoms with Gasteiger partial charge in [0, 0.05) is 5.56 Å². The molecule has 1 aliphatic rings. The van der Waals surface area contributed by atoms with Crippen molar-refractivity contribution in [3.05, 3.63) is 29.8 Å². The van der Waals surface area contributed by atoms with Crippen LogP contribution in [0.3, 0.4) is 0 Å². The lowest BCUT2D eigenvalue weighted by atomic mass is 9.98. The number of carbonyl (C=O) groups excluding carboxylic acids is 2. The topological polar surface area (TPSA) is 116 Å². The lowest BCUT2D eigenvalue weighted by molar-refractivity contribution is -0.143. The van der Waals surface area contributed by atoms with Gasteiger partial charge in [-0.2, -0.15) is 0 Å². The summed E-state index contributed by atoms with van der Waals surface area (Å²) in [5.74, 6) is 4.05. The van der Waals surface area contributed by atoms with E-state index in [-0.39, 0.29) is 5.56 Å². The van der Waals surface area contributed by atoms with E-state index >= 15 is 0 Å². The normalized spacial score (nSPS) is 22.8. The van der Waals surface area contributed by atoms with Gasteiger partial charge >= 0.3 is 6.03 Å². The molecule has 7 heteroatoms. The molecule has 0 saturated heterocycles. The minimum Gasteiger partial charge on any atom is -0.359 e. The van der Waals surface area contributed by atoms with E-state index in [0.29, 0.717) is 5.69 Å². The standard InChI is InChI=1S/C9H10N4O3/c10-13-7(14)9(16)5-3-1-2-4-6(5)11-8(15)12-9/h1-4,16H,10H2,(H,13,14)(H2,11,12,15). The molecule has 1 aliphatic heterocycles. The number of hydrogen-bond acceptors (Lipinski definition) is 4. The van der Waals surface area contributed by atoms with E-state index < -0.39 is 17.7 Å². The summed E-state index contributed by atoms with van der Waals surface area (Å²) in [5.41, 5.74) is 0.253. The predicted octanol–water partition coefficient (Wildman–Crippen LogP) is -1.04. The van der Waals surface area contributed by atoms with Crippen molar-refractivity contribution in [2.75, 3.05) is 5.32 Å². The van der Waals surface area contributed by atoms with Crippen LogP contribution >= 0.6 is 0 Å². The number of benzene rings is 1. The Hall–Kier alpha value is -2.12. The Balaban J connectivity index is 2.56. The first kappa shape index (κ1) is 10.4. The number of carbonyl (C=O) groups is 2. The Bertz CT molecular complexity index is 462. The Morgan fingerprint density at radius 2 is 2.12 bits per heavy atom. The van der Waals surface area contributed by atoms with Crippen LogP contribution in [0.4, 0.5) is 10.5 Å². The molecule has 0 radical (unpaired) electrons. The van der Waals surface area contributed by atoms with Crippen LogP contribution in [0.1, 0.15) is 5.56 Å². The van der Waals surface area contributed by atoms with Crippen LogP contribution in [0, 0.1) is 0 Å². The maximum atomic E-state index is 11.5. The molecule has 1 heterocycles. The second kappa shape index (κ2) is 3.47. The summed E-state index contributed by atoms with van der Waals surface area (Å²) < 4.78 is 0. The fraction of sp³-hybridized carbons (Fsp3) is 0.111. The van der Waals surface area contributed by atoms with Crippen molar-refractivity contribution in [1.82, 2.24) is 10.7 Å². The number of fused-ring (bicyclic) bond motifs is 1. The van der Waals surface area contributed by atoms with Gasteiger partial charge in [-0.05, 0) is 6.07 Å². The molecule has 0 bridgehead atoms. The number of para-hydroxylation sites is 1. The van der Waals surface area contributed by atoms with Gasteiger partial charge in [-0.1, -0.05) is 18.2 Å². The van der Waals surface area contributed by atoms with Crippen molar-refractivity contribution in [3.8, 4) is 0 Å². The summed E-state index contributed by atoms with van der Waals surface area (Å²) >= 11 is 0. The summed E-state index contributed by atoms with van der Waals surface area (Å²) in [4.78, 5) is 22.7. The van der Waals surface area contributed by atoms with E-state index in [0.717, 1.165) is 0 Å².